The lowest BCUT2D eigenvalue weighted by molar-refractivity contribution is -0.137. The number of rotatable bonds is 6. The van der Waals surface area contributed by atoms with Gasteiger partial charge in [0.1, 0.15) is 12.4 Å². The maximum atomic E-state index is 13.9. The number of methoxy groups -OCH3 is 1. The Morgan fingerprint density at radius 3 is 2.60 bits per heavy atom. The van der Waals surface area contributed by atoms with Gasteiger partial charge in [0, 0.05) is 48.4 Å². The summed E-state index contributed by atoms with van der Waals surface area (Å²) < 4.78 is 5.40. The highest BCUT2D eigenvalue weighted by molar-refractivity contribution is 5.98. The van der Waals surface area contributed by atoms with Crippen molar-refractivity contribution in [2.24, 2.45) is 11.3 Å². The van der Waals surface area contributed by atoms with Crippen LogP contribution in [-0.2, 0) is 16.0 Å². The minimum Gasteiger partial charge on any atom is -0.497 e. The largest absolute Gasteiger partial charge is 0.497 e. The number of H-pyrrole nitrogens is 1. The number of hydrogen-bond acceptors (Lipinski definition) is 5. The van der Waals surface area contributed by atoms with E-state index in [4.69, 9.17) is 4.74 Å². The first-order valence-corrected chi connectivity index (χ1v) is 12.0. The molecule has 2 N–H and O–H groups in total. The van der Waals surface area contributed by atoms with Crippen molar-refractivity contribution in [1.29, 1.82) is 0 Å². The Morgan fingerprint density at radius 2 is 1.94 bits per heavy atom. The maximum absolute atomic E-state index is 13.9. The SMILES string of the molecule is COc1cccc(CC2C(=O)N(c3ccc(-c4cn[nH]c4)cc3)CC23CCN(C(=O)CO)CC3)c1. The molecule has 35 heavy (non-hydrogen) atoms. The number of ether oxygens (including phenoxy) is 1. The summed E-state index contributed by atoms with van der Waals surface area (Å²) in [4.78, 5) is 29.6. The molecule has 2 aromatic carbocycles. The third kappa shape index (κ3) is 4.41. The summed E-state index contributed by atoms with van der Waals surface area (Å²) in [6.45, 7) is 1.24. The van der Waals surface area contributed by atoms with Gasteiger partial charge in [-0.05, 0) is 54.7 Å². The molecule has 2 fully saturated rings. The summed E-state index contributed by atoms with van der Waals surface area (Å²) >= 11 is 0. The second-order valence-corrected chi connectivity index (χ2v) is 9.47. The van der Waals surface area contributed by atoms with Crippen LogP contribution in [0, 0.1) is 11.3 Å². The van der Waals surface area contributed by atoms with E-state index in [0.29, 0.717) is 26.1 Å². The Balaban J connectivity index is 1.43. The van der Waals surface area contributed by atoms with E-state index < -0.39 is 6.61 Å². The number of anilines is 1. The topological polar surface area (TPSA) is 98.8 Å². The van der Waals surface area contributed by atoms with E-state index in [1.54, 1.807) is 18.2 Å². The average molecular weight is 475 g/mol. The number of hydrogen-bond donors (Lipinski definition) is 2. The van der Waals surface area contributed by atoms with Crippen LogP contribution in [-0.4, -0.2) is 65.4 Å². The molecule has 8 heteroatoms. The van der Waals surface area contributed by atoms with Crippen LogP contribution >= 0.6 is 0 Å². The van der Waals surface area contributed by atoms with Gasteiger partial charge in [0.15, 0.2) is 0 Å². The molecule has 0 saturated carbocycles. The van der Waals surface area contributed by atoms with Crippen molar-refractivity contribution >= 4 is 17.5 Å². The Hall–Kier alpha value is -3.65. The van der Waals surface area contributed by atoms with Crippen LogP contribution in [0.4, 0.5) is 5.69 Å². The van der Waals surface area contributed by atoms with Gasteiger partial charge >= 0.3 is 0 Å². The van der Waals surface area contributed by atoms with Gasteiger partial charge in [0.2, 0.25) is 11.8 Å². The van der Waals surface area contributed by atoms with Crippen LogP contribution in [0.1, 0.15) is 18.4 Å². The first-order valence-electron chi connectivity index (χ1n) is 12.0. The number of aliphatic hydroxyl groups excluding tert-OH is 1. The van der Waals surface area contributed by atoms with Crippen LogP contribution < -0.4 is 9.64 Å². The zero-order valence-corrected chi connectivity index (χ0v) is 19.8. The highest BCUT2D eigenvalue weighted by Gasteiger charge is 2.53. The standard InChI is InChI=1S/C27H30N4O4/c1-35-23-4-2-3-19(13-23)14-24-26(34)31(18-27(24)9-11-30(12-10-27)25(33)17-32)22-7-5-20(6-8-22)21-15-28-29-16-21/h2-8,13,15-16,24,32H,9-12,14,17-18H2,1H3,(H,28,29). The molecule has 0 aliphatic carbocycles. The Kier molecular flexibility index (Phi) is 6.30. The fourth-order valence-corrected chi connectivity index (χ4v) is 5.56. The fraction of sp³-hybridized carbons (Fsp3) is 0.370. The van der Waals surface area contributed by atoms with E-state index in [-0.39, 0.29) is 23.1 Å². The van der Waals surface area contributed by atoms with E-state index in [2.05, 4.69) is 10.2 Å². The smallest absolute Gasteiger partial charge is 0.248 e. The molecular formula is C27H30N4O4. The second-order valence-electron chi connectivity index (χ2n) is 9.47. The summed E-state index contributed by atoms with van der Waals surface area (Å²) in [7, 11) is 1.64. The van der Waals surface area contributed by atoms with Crippen LogP contribution in [0.3, 0.4) is 0 Å². The highest BCUT2D eigenvalue weighted by Crippen LogP contribution is 2.48. The number of carbonyl (C=O) groups excluding carboxylic acids is 2. The summed E-state index contributed by atoms with van der Waals surface area (Å²) in [5.74, 6) is 0.442. The first-order chi connectivity index (χ1) is 17.0. The quantitative estimate of drug-likeness (QED) is 0.573. The molecule has 1 atom stereocenters. The van der Waals surface area contributed by atoms with Crippen molar-refractivity contribution in [3.8, 4) is 16.9 Å². The number of aliphatic hydroxyl groups is 1. The van der Waals surface area contributed by atoms with Gasteiger partial charge < -0.3 is 19.6 Å². The van der Waals surface area contributed by atoms with Crippen LogP contribution in [0.15, 0.2) is 60.9 Å². The minimum absolute atomic E-state index is 0.116. The fourth-order valence-electron chi connectivity index (χ4n) is 5.56. The van der Waals surface area contributed by atoms with Crippen LogP contribution in [0.5, 0.6) is 5.75 Å². The third-order valence-electron chi connectivity index (χ3n) is 7.61. The highest BCUT2D eigenvalue weighted by atomic mass is 16.5. The molecule has 3 heterocycles. The predicted octanol–water partition coefficient (Wildman–Crippen LogP) is 2.89. The minimum atomic E-state index is -0.478. The molecule has 0 bridgehead atoms. The van der Waals surface area contributed by atoms with Crippen molar-refractivity contribution < 1.29 is 19.4 Å². The molecule has 1 spiro atoms. The molecule has 2 aliphatic heterocycles. The summed E-state index contributed by atoms with van der Waals surface area (Å²) in [6.07, 6.45) is 5.69. The van der Waals surface area contributed by atoms with Crippen LogP contribution in [0.25, 0.3) is 11.1 Å². The maximum Gasteiger partial charge on any atom is 0.248 e. The van der Waals surface area contributed by atoms with Gasteiger partial charge in [-0.2, -0.15) is 5.10 Å². The number of nitrogens with zero attached hydrogens (tertiary/aromatic N) is 3. The molecule has 3 aromatic rings. The molecule has 1 aromatic heterocycles. The molecule has 182 valence electrons. The number of benzene rings is 2. The Morgan fingerprint density at radius 1 is 1.17 bits per heavy atom. The number of aromatic nitrogens is 2. The molecule has 2 aliphatic rings. The van der Waals surface area contributed by atoms with Gasteiger partial charge in [0.05, 0.1) is 13.3 Å². The lowest BCUT2D eigenvalue weighted by Crippen LogP contribution is -2.47. The molecule has 2 saturated heterocycles. The number of nitrogens with one attached hydrogen (secondary N) is 1. The van der Waals surface area contributed by atoms with Crippen molar-refractivity contribution in [1.82, 2.24) is 15.1 Å². The van der Waals surface area contributed by atoms with E-state index >= 15 is 0 Å². The summed E-state index contributed by atoms with van der Waals surface area (Å²) in [5, 5.41) is 16.1. The molecule has 8 nitrogen and oxygen atoms in total. The van der Waals surface area contributed by atoms with Gasteiger partial charge in [-0.1, -0.05) is 24.3 Å². The van der Waals surface area contributed by atoms with Crippen molar-refractivity contribution in [2.45, 2.75) is 19.3 Å². The van der Waals surface area contributed by atoms with Gasteiger partial charge in [0.25, 0.3) is 0 Å². The molecule has 0 radical (unpaired) electrons. The van der Waals surface area contributed by atoms with Crippen molar-refractivity contribution in [2.75, 3.05) is 38.3 Å². The van der Waals surface area contributed by atoms with E-state index in [9.17, 15) is 14.7 Å². The second kappa shape index (κ2) is 9.54. The number of piperidine rings is 1. The Bertz CT molecular complexity index is 1180. The van der Waals surface area contributed by atoms with Crippen molar-refractivity contribution in [3.05, 3.63) is 66.5 Å². The van der Waals surface area contributed by atoms with Gasteiger partial charge in [-0.3, -0.25) is 14.7 Å². The normalized spacial score (nSPS) is 19.4. The van der Waals surface area contributed by atoms with E-state index in [1.807, 2.05) is 59.6 Å². The van der Waals surface area contributed by atoms with Crippen molar-refractivity contribution in [3.63, 3.8) is 0 Å². The molecule has 1 unspecified atom stereocenters. The van der Waals surface area contributed by atoms with Crippen LogP contribution in [0.2, 0.25) is 0 Å². The molecule has 2 amide bonds. The molecule has 5 rings (SSSR count). The van der Waals surface area contributed by atoms with Gasteiger partial charge in [-0.25, -0.2) is 0 Å². The zero-order chi connectivity index (χ0) is 24.4. The number of amides is 2. The van der Waals surface area contributed by atoms with Gasteiger partial charge in [-0.15, -0.1) is 0 Å². The number of aromatic amines is 1. The lowest BCUT2D eigenvalue weighted by Gasteiger charge is -2.41. The number of likely N-dealkylation sites (tertiary alicyclic amines) is 1. The number of carbonyl (C=O) groups is 2. The summed E-state index contributed by atoms with van der Waals surface area (Å²) in [5.41, 5.74) is 3.73. The Labute approximate surface area is 204 Å². The summed E-state index contributed by atoms with van der Waals surface area (Å²) in [6, 6.07) is 15.9. The van der Waals surface area contributed by atoms with E-state index in [1.165, 1.54) is 0 Å². The lowest BCUT2D eigenvalue weighted by atomic mass is 9.68. The first kappa shape index (κ1) is 23.1. The monoisotopic (exact) mass is 474 g/mol. The molecular weight excluding hydrogens is 444 g/mol. The third-order valence-corrected chi connectivity index (χ3v) is 7.61. The predicted molar refractivity (Wildman–Crippen MR) is 132 cm³/mol. The zero-order valence-electron chi connectivity index (χ0n) is 19.8. The van der Waals surface area contributed by atoms with E-state index in [0.717, 1.165) is 41.0 Å². The average Bonchev–Trinajstić information content (AvgIpc) is 3.53.